The van der Waals surface area contributed by atoms with Gasteiger partial charge in [-0.1, -0.05) is 0 Å². The molecule has 0 bridgehead atoms. The number of nitrogens with zero attached hydrogens (tertiary/aromatic N) is 2. The lowest BCUT2D eigenvalue weighted by Gasteiger charge is -2.02. The van der Waals surface area contributed by atoms with E-state index in [1.807, 2.05) is 0 Å². The van der Waals surface area contributed by atoms with E-state index in [1.54, 1.807) is 0 Å². The zero-order chi connectivity index (χ0) is 10.0. The molecule has 70 valence electrons. The molecule has 0 aliphatic rings. The highest BCUT2D eigenvalue weighted by molar-refractivity contribution is 9.10. The number of alkyl halides is 2. The van der Waals surface area contributed by atoms with E-state index < -0.39 is 22.6 Å². The van der Waals surface area contributed by atoms with Crippen molar-refractivity contribution in [3.8, 4) is 0 Å². The fourth-order valence-electron chi connectivity index (χ4n) is 0.799. The number of rotatable bonds is 2. The van der Waals surface area contributed by atoms with Crippen LogP contribution in [0.1, 0.15) is 12.0 Å². The van der Waals surface area contributed by atoms with Crippen molar-refractivity contribution < 1.29 is 13.7 Å². The quantitative estimate of drug-likeness (QED) is 0.462. The lowest BCUT2D eigenvalue weighted by Crippen LogP contribution is -1.98. The Hall–Kier alpha value is -1.11. The SMILES string of the molecule is O=[N+]([O-])c1ccnc(Br)c1C(F)F. The van der Waals surface area contributed by atoms with Crippen molar-refractivity contribution in [1.29, 1.82) is 0 Å². The van der Waals surface area contributed by atoms with Gasteiger partial charge in [0.2, 0.25) is 0 Å². The summed E-state index contributed by atoms with van der Waals surface area (Å²) in [5.41, 5.74) is -1.32. The van der Waals surface area contributed by atoms with Gasteiger partial charge in [0.05, 0.1) is 4.92 Å². The second-order valence-corrected chi connectivity index (χ2v) is 2.84. The van der Waals surface area contributed by atoms with E-state index in [-0.39, 0.29) is 4.60 Å². The van der Waals surface area contributed by atoms with Crippen molar-refractivity contribution in [1.82, 2.24) is 4.98 Å². The number of halogens is 3. The van der Waals surface area contributed by atoms with Crippen LogP contribution in [0.5, 0.6) is 0 Å². The summed E-state index contributed by atoms with van der Waals surface area (Å²) in [6.07, 6.45) is -1.82. The topological polar surface area (TPSA) is 56.0 Å². The fraction of sp³-hybridized carbons (Fsp3) is 0.167. The lowest BCUT2D eigenvalue weighted by atomic mass is 10.2. The van der Waals surface area contributed by atoms with Crippen LogP contribution in [0.15, 0.2) is 16.9 Å². The number of hydrogen-bond acceptors (Lipinski definition) is 3. The Morgan fingerprint density at radius 2 is 2.23 bits per heavy atom. The highest BCUT2D eigenvalue weighted by Crippen LogP contribution is 2.33. The molecule has 0 N–H and O–H groups in total. The molecule has 0 radical (unpaired) electrons. The number of nitro groups is 1. The van der Waals surface area contributed by atoms with Gasteiger partial charge in [0.15, 0.2) is 0 Å². The molecule has 1 rings (SSSR count). The van der Waals surface area contributed by atoms with E-state index >= 15 is 0 Å². The molecule has 1 aromatic heterocycles. The van der Waals surface area contributed by atoms with Crippen LogP contribution in [-0.4, -0.2) is 9.91 Å². The summed E-state index contributed by atoms with van der Waals surface area (Å²) in [6, 6.07) is 0.937. The molecular formula is C6H3BrF2N2O2. The Bertz CT molecular complexity index is 345. The summed E-state index contributed by atoms with van der Waals surface area (Å²) in [4.78, 5) is 12.9. The third kappa shape index (κ3) is 1.97. The largest absolute Gasteiger partial charge is 0.282 e. The minimum Gasteiger partial charge on any atom is -0.258 e. The van der Waals surface area contributed by atoms with Crippen LogP contribution in [0.4, 0.5) is 14.5 Å². The van der Waals surface area contributed by atoms with Crippen LogP contribution in [0, 0.1) is 10.1 Å². The highest BCUT2D eigenvalue weighted by Gasteiger charge is 2.24. The van der Waals surface area contributed by atoms with Gasteiger partial charge >= 0.3 is 0 Å². The average Bonchev–Trinajstić information content (AvgIpc) is 2.02. The van der Waals surface area contributed by atoms with Gasteiger partial charge in [-0.05, 0) is 15.9 Å². The third-order valence-electron chi connectivity index (χ3n) is 1.33. The fourth-order valence-corrected chi connectivity index (χ4v) is 1.29. The predicted octanol–water partition coefficient (Wildman–Crippen LogP) is 2.69. The predicted molar refractivity (Wildman–Crippen MR) is 43.5 cm³/mol. The number of aromatic nitrogens is 1. The first-order valence-corrected chi connectivity index (χ1v) is 3.90. The van der Waals surface area contributed by atoms with Crippen molar-refractivity contribution >= 4 is 21.6 Å². The minimum atomic E-state index is -2.91. The maximum atomic E-state index is 12.3. The third-order valence-corrected chi connectivity index (χ3v) is 1.97. The van der Waals surface area contributed by atoms with Gasteiger partial charge in [-0.2, -0.15) is 0 Å². The Kier molecular flexibility index (Phi) is 2.86. The van der Waals surface area contributed by atoms with Crippen molar-refractivity contribution in [2.24, 2.45) is 0 Å². The summed E-state index contributed by atoms with van der Waals surface area (Å²) in [5, 5.41) is 10.3. The molecule has 0 saturated heterocycles. The zero-order valence-corrected chi connectivity index (χ0v) is 7.66. The zero-order valence-electron chi connectivity index (χ0n) is 6.08. The minimum absolute atomic E-state index is 0.197. The van der Waals surface area contributed by atoms with Crippen LogP contribution < -0.4 is 0 Å². The smallest absolute Gasteiger partial charge is 0.258 e. The van der Waals surface area contributed by atoms with E-state index in [9.17, 15) is 18.9 Å². The van der Waals surface area contributed by atoms with Crippen molar-refractivity contribution in [2.45, 2.75) is 6.43 Å². The molecular weight excluding hydrogens is 250 g/mol. The summed E-state index contributed by atoms with van der Waals surface area (Å²) < 4.78 is 24.4. The second kappa shape index (κ2) is 3.73. The molecule has 0 aliphatic carbocycles. The van der Waals surface area contributed by atoms with E-state index in [4.69, 9.17) is 0 Å². The van der Waals surface area contributed by atoms with Gasteiger partial charge < -0.3 is 0 Å². The van der Waals surface area contributed by atoms with E-state index in [1.165, 1.54) is 0 Å². The van der Waals surface area contributed by atoms with Crippen LogP contribution in [0.3, 0.4) is 0 Å². The molecule has 7 heteroatoms. The number of pyridine rings is 1. The van der Waals surface area contributed by atoms with Gasteiger partial charge in [-0.25, -0.2) is 13.8 Å². The Morgan fingerprint density at radius 1 is 1.62 bits per heavy atom. The molecule has 13 heavy (non-hydrogen) atoms. The molecule has 0 aromatic carbocycles. The first-order valence-electron chi connectivity index (χ1n) is 3.11. The highest BCUT2D eigenvalue weighted by atomic mass is 79.9. The molecule has 0 unspecified atom stereocenters. The molecule has 0 spiro atoms. The van der Waals surface area contributed by atoms with Gasteiger partial charge in [0.1, 0.15) is 10.2 Å². The van der Waals surface area contributed by atoms with Crippen molar-refractivity contribution in [3.63, 3.8) is 0 Å². The van der Waals surface area contributed by atoms with Crippen LogP contribution in [0.25, 0.3) is 0 Å². The van der Waals surface area contributed by atoms with Crippen molar-refractivity contribution in [3.05, 3.63) is 32.5 Å². The number of hydrogen-bond donors (Lipinski definition) is 0. The van der Waals surface area contributed by atoms with Crippen LogP contribution in [-0.2, 0) is 0 Å². The first-order chi connectivity index (χ1) is 6.04. The van der Waals surface area contributed by atoms with Gasteiger partial charge in [-0.3, -0.25) is 10.1 Å². The molecule has 4 nitrogen and oxygen atoms in total. The maximum Gasteiger partial charge on any atom is 0.282 e. The second-order valence-electron chi connectivity index (χ2n) is 2.09. The molecule has 0 saturated carbocycles. The molecule has 0 atom stereocenters. The molecule has 0 aliphatic heterocycles. The molecule has 0 fully saturated rings. The Balaban J connectivity index is 3.34. The Morgan fingerprint density at radius 3 is 2.62 bits per heavy atom. The monoisotopic (exact) mass is 252 g/mol. The van der Waals surface area contributed by atoms with Gasteiger partial charge in [-0.15, -0.1) is 0 Å². The van der Waals surface area contributed by atoms with E-state index in [0.717, 1.165) is 12.3 Å². The first kappa shape index (κ1) is 9.97. The van der Waals surface area contributed by atoms with Crippen LogP contribution >= 0.6 is 15.9 Å². The molecule has 0 amide bonds. The van der Waals surface area contributed by atoms with E-state index in [2.05, 4.69) is 20.9 Å². The van der Waals surface area contributed by atoms with Gasteiger partial charge in [0, 0.05) is 12.3 Å². The van der Waals surface area contributed by atoms with E-state index in [0.29, 0.717) is 0 Å². The lowest BCUT2D eigenvalue weighted by molar-refractivity contribution is -0.386. The maximum absolute atomic E-state index is 12.3. The summed E-state index contributed by atoms with van der Waals surface area (Å²) in [5.74, 6) is 0. The molecule has 1 heterocycles. The summed E-state index contributed by atoms with van der Waals surface area (Å²) in [7, 11) is 0. The summed E-state index contributed by atoms with van der Waals surface area (Å²) in [6.45, 7) is 0. The van der Waals surface area contributed by atoms with Crippen molar-refractivity contribution in [2.75, 3.05) is 0 Å². The molecule has 1 aromatic rings. The normalized spacial score (nSPS) is 10.5. The summed E-state index contributed by atoms with van der Waals surface area (Å²) >= 11 is 2.72. The standard InChI is InChI=1S/C6H3BrF2N2O2/c7-5-4(6(8)9)3(11(12)13)1-2-10-5/h1-2,6H. The van der Waals surface area contributed by atoms with Crippen LogP contribution in [0.2, 0.25) is 0 Å². The Labute approximate surface area is 79.9 Å². The van der Waals surface area contributed by atoms with Gasteiger partial charge in [0.25, 0.3) is 12.1 Å². The average molecular weight is 253 g/mol.